The SMILES string of the molecule is COc1cc(N2CC[C@H](Oc3ccc(OC(F)(F)F)cc3)C2=O)ccc1OCC(C)(C)O. The number of ether oxygens (including phenoxy) is 4. The zero-order chi connectivity index (χ0) is 23.5. The van der Waals surface area contributed by atoms with E-state index >= 15 is 0 Å². The van der Waals surface area contributed by atoms with Gasteiger partial charge in [-0.15, -0.1) is 13.2 Å². The molecule has 1 heterocycles. The molecule has 3 rings (SSSR count). The number of nitrogens with zero attached hydrogens (tertiary/aromatic N) is 1. The van der Waals surface area contributed by atoms with Crippen molar-refractivity contribution in [3.8, 4) is 23.0 Å². The molecular weight excluding hydrogens is 431 g/mol. The van der Waals surface area contributed by atoms with Crippen LogP contribution in [0.1, 0.15) is 20.3 Å². The molecule has 32 heavy (non-hydrogen) atoms. The summed E-state index contributed by atoms with van der Waals surface area (Å²) >= 11 is 0. The molecule has 1 fully saturated rings. The lowest BCUT2D eigenvalue weighted by atomic mass is 10.2. The van der Waals surface area contributed by atoms with Crippen LogP contribution in [0, 0.1) is 0 Å². The molecule has 174 valence electrons. The minimum absolute atomic E-state index is 0.0636. The lowest BCUT2D eigenvalue weighted by molar-refractivity contribution is -0.274. The van der Waals surface area contributed by atoms with Crippen molar-refractivity contribution >= 4 is 11.6 Å². The van der Waals surface area contributed by atoms with Crippen molar-refractivity contribution in [3.63, 3.8) is 0 Å². The highest BCUT2D eigenvalue weighted by Gasteiger charge is 2.35. The third-order valence-corrected chi connectivity index (χ3v) is 4.53. The van der Waals surface area contributed by atoms with Gasteiger partial charge in [0.15, 0.2) is 17.6 Å². The highest BCUT2D eigenvalue weighted by atomic mass is 19.4. The molecule has 1 amide bonds. The summed E-state index contributed by atoms with van der Waals surface area (Å²) in [4.78, 5) is 14.4. The number of amides is 1. The van der Waals surface area contributed by atoms with Gasteiger partial charge in [0.1, 0.15) is 18.1 Å². The first kappa shape index (κ1) is 23.5. The second-order valence-corrected chi connectivity index (χ2v) is 7.84. The predicted octanol–water partition coefficient (Wildman–Crippen LogP) is 3.93. The van der Waals surface area contributed by atoms with Gasteiger partial charge in [-0.2, -0.15) is 0 Å². The van der Waals surface area contributed by atoms with Crippen LogP contribution in [-0.2, 0) is 4.79 Å². The number of carbonyl (C=O) groups is 1. The van der Waals surface area contributed by atoms with E-state index in [1.165, 1.54) is 24.1 Å². The summed E-state index contributed by atoms with van der Waals surface area (Å²) in [5.41, 5.74) is -0.432. The van der Waals surface area contributed by atoms with E-state index in [0.29, 0.717) is 30.2 Å². The van der Waals surface area contributed by atoms with Crippen LogP contribution in [0.15, 0.2) is 42.5 Å². The van der Waals surface area contributed by atoms with Crippen LogP contribution in [0.25, 0.3) is 0 Å². The zero-order valence-corrected chi connectivity index (χ0v) is 17.8. The minimum Gasteiger partial charge on any atom is -0.493 e. The molecule has 0 spiro atoms. The summed E-state index contributed by atoms with van der Waals surface area (Å²) in [5.74, 6) is 0.437. The van der Waals surface area contributed by atoms with Crippen molar-refractivity contribution in [2.45, 2.75) is 38.3 Å². The molecule has 0 saturated carbocycles. The van der Waals surface area contributed by atoms with Crippen LogP contribution in [-0.4, -0.2) is 49.3 Å². The number of hydrogen-bond donors (Lipinski definition) is 1. The number of benzene rings is 2. The van der Waals surface area contributed by atoms with Gasteiger partial charge in [0.25, 0.3) is 5.91 Å². The zero-order valence-electron chi connectivity index (χ0n) is 17.8. The monoisotopic (exact) mass is 455 g/mol. The van der Waals surface area contributed by atoms with Crippen molar-refractivity contribution in [1.29, 1.82) is 0 Å². The number of halogens is 3. The molecule has 2 aromatic rings. The van der Waals surface area contributed by atoms with Gasteiger partial charge in [0.2, 0.25) is 0 Å². The number of carbonyl (C=O) groups excluding carboxylic acids is 1. The smallest absolute Gasteiger partial charge is 0.493 e. The van der Waals surface area contributed by atoms with E-state index in [9.17, 15) is 23.1 Å². The van der Waals surface area contributed by atoms with Gasteiger partial charge in [0, 0.05) is 24.7 Å². The first-order valence-electron chi connectivity index (χ1n) is 9.82. The van der Waals surface area contributed by atoms with Crippen LogP contribution in [0.5, 0.6) is 23.0 Å². The van der Waals surface area contributed by atoms with Gasteiger partial charge in [-0.3, -0.25) is 4.79 Å². The van der Waals surface area contributed by atoms with Gasteiger partial charge < -0.3 is 29.0 Å². The van der Waals surface area contributed by atoms with Crippen molar-refractivity contribution < 1.29 is 42.0 Å². The van der Waals surface area contributed by atoms with Crippen molar-refractivity contribution in [1.82, 2.24) is 0 Å². The average molecular weight is 455 g/mol. The number of aliphatic hydroxyl groups is 1. The van der Waals surface area contributed by atoms with Gasteiger partial charge in [-0.25, -0.2) is 0 Å². The molecule has 0 bridgehead atoms. The van der Waals surface area contributed by atoms with Gasteiger partial charge in [-0.05, 0) is 50.2 Å². The Morgan fingerprint density at radius 1 is 1.06 bits per heavy atom. The van der Waals surface area contributed by atoms with E-state index in [1.54, 1.807) is 32.0 Å². The number of hydrogen-bond acceptors (Lipinski definition) is 6. The standard InChI is InChI=1S/C22H24F3NO6/c1-21(2,28)13-30-17-9-4-14(12-19(17)29-3)26-11-10-18(20(26)27)31-15-5-7-16(8-6-15)32-22(23,24)25/h4-9,12,18,28H,10-11,13H2,1-3H3/t18-/m0/s1. The predicted molar refractivity (Wildman–Crippen MR) is 109 cm³/mol. The number of anilines is 1. The van der Waals surface area contributed by atoms with E-state index in [1.807, 2.05) is 0 Å². The molecule has 0 radical (unpaired) electrons. The van der Waals surface area contributed by atoms with Crippen LogP contribution in [0.4, 0.5) is 18.9 Å². The normalized spacial score (nSPS) is 16.8. The fraction of sp³-hybridized carbons (Fsp3) is 0.409. The van der Waals surface area contributed by atoms with E-state index < -0.39 is 18.1 Å². The van der Waals surface area contributed by atoms with Crippen molar-refractivity contribution in [2.75, 3.05) is 25.2 Å². The van der Waals surface area contributed by atoms with Crippen LogP contribution >= 0.6 is 0 Å². The Bertz CT molecular complexity index is 940. The number of methoxy groups -OCH3 is 1. The Hall–Kier alpha value is -3.14. The maximum absolute atomic E-state index is 12.8. The van der Waals surface area contributed by atoms with Crippen LogP contribution in [0.2, 0.25) is 0 Å². The fourth-order valence-electron chi connectivity index (χ4n) is 3.10. The van der Waals surface area contributed by atoms with Crippen molar-refractivity contribution in [2.24, 2.45) is 0 Å². The van der Waals surface area contributed by atoms with E-state index in [4.69, 9.17) is 14.2 Å². The Morgan fingerprint density at radius 3 is 2.31 bits per heavy atom. The van der Waals surface area contributed by atoms with Gasteiger partial charge in [-0.1, -0.05) is 0 Å². The molecule has 7 nitrogen and oxygen atoms in total. The highest BCUT2D eigenvalue weighted by molar-refractivity contribution is 5.99. The largest absolute Gasteiger partial charge is 0.573 e. The summed E-state index contributed by atoms with van der Waals surface area (Å²) in [6, 6.07) is 9.88. The van der Waals surface area contributed by atoms with Gasteiger partial charge in [0.05, 0.1) is 12.7 Å². The van der Waals surface area contributed by atoms with E-state index in [-0.39, 0.29) is 24.0 Å². The van der Waals surface area contributed by atoms with E-state index in [2.05, 4.69) is 4.74 Å². The van der Waals surface area contributed by atoms with Crippen LogP contribution in [0.3, 0.4) is 0 Å². The molecule has 1 aliphatic heterocycles. The Labute approximate surface area is 183 Å². The van der Waals surface area contributed by atoms with Crippen molar-refractivity contribution in [3.05, 3.63) is 42.5 Å². The lowest BCUT2D eigenvalue weighted by Gasteiger charge is -2.21. The molecule has 2 aromatic carbocycles. The Kier molecular flexibility index (Phi) is 6.73. The molecule has 0 aliphatic carbocycles. The summed E-state index contributed by atoms with van der Waals surface area (Å²) in [6.07, 6.45) is -5.15. The third-order valence-electron chi connectivity index (χ3n) is 4.53. The number of rotatable bonds is 8. The lowest BCUT2D eigenvalue weighted by Crippen LogP contribution is -2.32. The third kappa shape index (κ3) is 6.19. The molecular formula is C22H24F3NO6. The fourth-order valence-corrected chi connectivity index (χ4v) is 3.10. The molecule has 1 atom stereocenters. The summed E-state index contributed by atoms with van der Waals surface area (Å²) in [5, 5.41) is 9.83. The highest BCUT2D eigenvalue weighted by Crippen LogP contribution is 2.34. The number of alkyl halides is 3. The molecule has 1 aliphatic rings. The second kappa shape index (κ2) is 9.15. The van der Waals surface area contributed by atoms with Gasteiger partial charge >= 0.3 is 6.36 Å². The average Bonchev–Trinajstić information content (AvgIpc) is 3.06. The molecule has 10 heteroatoms. The summed E-state index contributed by atoms with van der Waals surface area (Å²) in [7, 11) is 1.47. The molecule has 1 N–H and O–H groups in total. The maximum atomic E-state index is 12.8. The second-order valence-electron chi connectivity index (χ2n) is 7.84. The summed E-state index contributed by atoms with van der Waals surface area (Å²) in [6.45, 7) is 3.70. The first-order chi connectivity index (χ1) is 14.9. The quantitative estimate of drug-likeness (QED) is 0.650. The molecule has 0 aromatic heterocycles. The van der Waals surface area contributed by atoms with E-state index in [0.717, 1.165) is 12.1 Å². The minimum atomic E-state index is -4.78. The first-order valence-corrected chi connectivity index (χ1v) is 9.82. The van der Waals surface area contributed by atoms with Crippen LogP contribution < -0.4 is 23.8 Å². The topological polar surface area (TPSA) is 77.5 Å². The summed E-state index contributed by atoms with van der Waals surface area (Å²) < 4.78 is 57.2. The Balaban J connectivity index is 1.66. The molecule has 1 saturated heterocycles. The Morgan fingerprint density at radius 2 is 1.72 bits per heavy atom. The molecule has 0 unspecified atom stereocenters. The maximum Gasteiger partial charge on any atom is 0.573 e.